The molecule has 138 valence electrons. The maximum atomic E-state index is 11.7. The Morgan fingerprint density at radius 3 is 2.78 bits per heavy atom. The lowest BCUT2D eigenvalue weighted by Crippen LogP contribution is -2.04. The number of benzene rings is 1. The van der Waals surface area contributed by atoms with Crippen molar-refractivity contribution in [3.8, 4) is 17.2 Å². The number of carbonyl (C=O) groups excluding carboxylic acids is 1. The van der Waals surface area contributed by atoms with E-state index in [1.165, 1.54) is 0 Å². The molecule has 0 saturated heterocycles. The smallest absolute Gasteiger partial charge is 0.374 e. The van der Waals surface area contributed by atoms with Gasteiger partial charge >= 0.3 is 5.97 Å². The van der Waals surface area contributed by atoms with Crippen LogP contribution in [0.5, 0.6) is 0 Å². The molecule has 7 heteroatoms. The third kappa shape index (κ3) is 3.74. The van der Waals surface area contributed by atoms with Gasteiger partial charge in [0.15, 0.2) is 0 Å². The lowest BCUT2D eigenvalue weighted by atomic mass is 10.0. The summed E-state index contributed by atoms with van der Waals surface area (Å²) in [5, 5.41) is 14.0. The van der Waals surface area contributed by atoms with Gasteiger partial charge in [-0.2, -0.15) is 10.4 Å². The fourth-order valence-electron chi connectivity index (χ4n) is 2.95. The highest BCUT2D eigenvalue weighted by atomic mass is 35.5. The summed E-state index contributed by atoms with van der Waals surface area (Å²) in [4.78, 5) is 11.7. The van der Waals surface area contributed by atoms with E-state index in [0.717, 1.165) is 22.5 Å². The number of rotatable bonds is 5. The van der Waals surface area contributed by atoms with Crippen molar-refractivity contribution in [1.82, 2.24) is 9.78 Å². The normalized spacial score (nSPS) is 10.6. The van der Waals surface area contributed by atoms with Gasteiger partial charge in [-0.1, -0.05) is 17.7 Å². The highest BCUT2D eigenvalue weighted by molar-refractivity contribution is 6.32. The van der Waals surface area contributed by atoms with Crippen molar-refractivity contribution < 1.29 is 13.9 Å². The van der Waals surface area contributed by atoms with Gasteiger partial charge in [0.25, 0.3) is 0 Å². The largest absolute Gasteiger partial charge is 0.460 e. The van der Waals surface area contributed by atoms with E-state index in [9.17, 15) is 4.79 Å². The number of halogens is 1. The van der Waals surface area contributed by atoms with E-state index >= 15 is 0 Å². The van der Waals surface area contributed by atoms with E-state index in [0.29, 0.717) is 29.5 Å². The Morgan fingerprint density at radius 1 is 1.33 bits per heavy atom. The Balaban J connectivity index is 1.89. The Labute approximate surface area is 161 Å². The minimum absolute atomic E-state index is 0.174. The molecule has 0 unspecified atom stereocenters. The quantitative estimate of drug-likeness (QED) is 0.605. The zero-order valence-corrected chi connectivity index (χ0v) is 16.0. The van der Waals surface area contributed by atoms with Crippen molar-refractivity contribution in [3.05, 3.63) is 63.8 Å². The highest BCUT2D eigenvalue weighted by Crippen LogP contribution is 2.30. The van der Waals surface area contributed by atoms with Crippen LogP contribution >= 0.6 is 11.6 Å². The van der Waals surface area contributed by atoms with Crippen LogP contribution in [-0.2, 0) is 11.3 Å². The van der Waals surface area contributed by atoms with Gasteiger partial charge in [0, 0.05) is 11.3 Å². The lowest BCUT2D eigenvalue weighted by Gasteiger charge is -2.06. The van der Waals surface area contributed by atoms with Crippen molar-refractivity contribution in [3.63, 3.8) is 0 Å². The van der Waals surface area contributed by atoms with E-state index in [4.69, 9.17) is 26.0 Å². The van der Waals surface area contributed by atoms with Crippen LogP contribution in [0.2, 0.25) is 5.02 Å². The Kier molecular flexibility index (Phi) is 5.33. The predicted octanol–water partition coefficient (Wildman–Crippen LogP) is 4.51. The number of hydrogen-bond donors (Lipinski definition) is 0. The number of aromatic nitrogens is 2. The molecule has 0 aliphatic rings. The second-order valence-corrected chi connectivity index (χ2v) is 6.40. The summed E-state index contributed by atoms with van der Waals surface area (Å²) >= 11 is 6.17. The molecule has 0 spiro atoms. The summed E-state index contributed by atoms with van der Waals surface area (Å²) in [6.45, 7) is 6.29. The Hall–Kier alpha value is -3.04. The first-order valence-corrected chi connectivity index (χ1v) is 8.82. The number of hydrogen-bond acceptors (Lipinski definition) is 5. The van der Waals surface area contributed by atoms with Gasteiger partial charge in [0.1, 0.15) is 11.8 Å². The lowest BCUT2D eigenvalue weighted by molar-refractivity contribution is 0.0487. The molecule has 0 fully saturated rings. The van der Waals surface area contributed by atoms with E-state index in [1.54, 1.807) is 31.2 Å². The van der Waals surface area contributed by atoms with Crippen molar-refractivity contribution in [2.24, 2.45) is 0 Å². The summed E-state index contributed by atoms with van der Waals surface area (Å²) in [6, 6.07) is 10.7. The number of carbonyl (C=O) groups is 1. The van der Waals surface area contributed by atoms with Crippen LogP contribution in [0.1, 0.15) is 40.2 Å². The number of esters is 1. The fourth-order valence-corrected chi connectivity index (χ4v) is 3.18. The van der Waals surface area contributed by atoms with Gasteiger partial charge in [-0.15, -0.1) is 0 Å². The monoisotopic (exact) mass is 383 g/mol. The second-order valence-electron chi connectivity index (χ2n) is 6.00. The molecule has 0 radical (unpaired) electrons. The van der Waals surface area contributed by atoms with E-state index in [1.807, 2.05) is 24.6 Å². The minimum Gasteiger partial charge on any atom is -0.460 e. The molecule has 0 amide bonds. The molecule has 3 aromatic rings. The first-order valence-electron chi connectivity index (χ1n) is 8.44. The molecule has 2 aromatic heterocycles. The zero-order chi connectivity index (χ0) is 19.6. The third-order valence-corrected chi connectivity index (χ3v) is 4.52. The maximum absolute atomic E-state index is 11.7. The molecule has 0 saturated carbocycles. The van der Waals surface area contributed by atoms with Gasteiger partial charge in [-0.25, -0.2) is 4.79 Å². The standard InChI is InChI=1S/C20H18ClN3O3/c1-4-26-20(25)18-8-7-16(27-18)11-24-13(3)19(12(2)23-24)14-5-6-15(10-22)17(21)9-14/h5-9H,4,11H2,1-3H3. The molecular formula is C20H18ClN3O3. The van der Waals surface area contributed by atoms with Crippen LogP contribution in [0.15, 0.2) is 34.7 Å². The fraction of sp³-hybridized carbons (Fsp3) is 0.250. The Bertz CT molecular complexity index is 1040. The molecule has 27 heavy (non-hydrogen) atoms. The average molecular weight is 384 g/mol. The molecular weight excluding hydrogens is 366 g/mol. The van der Waals surface area contributed by atoms with Crippen molar-refractivity contribution >= 4 is 17.6 Å². The third-order valence-electron chi connectivity index (χ3n) is 4.20. The first-order chi connectivity index (χ1) is 12.9. The highest BCUT2D eigenvalue weighted by Gasteiger charge is 2.17. The van der Waals surface area contributed by atoms with Gasteiger partial charge in [0.2, 0.25) is 5.76 Å². The van der Waals surface area contributed by atoms with Crippen LogP contribution < -0.4 is 0 Å². The molecule has 1 aromatic carbocycles. The van der Waals surface area contributed by atoms with E-state index < -0.39 is 5.97 Å². The zero-order valence-electron chi connectivity index (χ0n) is 15.2. The second kappa shape index (κ2) is 7.68. The number of aryl methyl sites for hydroxylation is 1. The maximum Gasteiger partial charge on any atom is 0.374 e. The van der Waals surface area contributed by atoms with Gasteiger partial charge in [-0.05, 0) is 50.6 Å². The summed E-state index contributed by atoms with van der Waals surface area (Å²) in [5.74, 6) is 0.297. The molecule has 0 aliphatic heterocycles. The van der Waals surface area contributed by atoms with Gasteiger partial charge in [0.05, 0.1) is 29.4 Å². The van der Waals surface area contributed by atoms with Crippen molar-refractivity contribution in [2.45, 2.75) is 27.3 Å². The first kappa shape index (κ1) is 18.7. The van der Waals surface area contributed by atoms with Crippen LogP contribution in [0.3, 0.4) is 0 Å². The average Bonchev–Trinajstić information content (AvgIpc) is 3.20. The number of ether oxygens (including phenoxy) is 1. The van der Waals surface area contributed by atoms with Crippen molar-refractivity contribution in [2.75, 3.05) is 6.61 Å². The molecule has 0 aliphatic carbocycles. The van der Waals surface area contributed by atoms with Gasteiger partial charge in [-0.3, -0.25) is 4.68 Å². The summed E-state index contributed by atoms with van der Waals surface area (Å²) in [6.07, 6.45) is 0. The number of nitriles is 1. The van der Waals surface area contributed by atoms with Crippen LogP contribution in [0, 0.1) is 25.2 Å². The molecule has 0 N–H and O–H groups in total. The molecule has 6 nitrogen and oxygen atoms in total. The van der Waals surface area contributed by atoms with Crippen molar-refractivity contribution in [1.29, 1.82) is 5.26 Å². The van der Waals surface area contributed by atoms with Gasteiger partial charge < -0.3 is 9.15 Å². The van der Waals surface area contributed by atoms with Crippen LogP contribution in [-0.4, -0.2) is 22.4 Å². The minimum atomic E-state index is -0.481. The summed E-state index contributed by atoms with van der Waals surface area (Å²) in [7, 11) is 0. The molecule has 0 atom stereocenters. The number of furan rings is 1. The molecule has 3 rings (SSSR count). The summed E-state index contributed by atoms with van der Waals surface area (Å²) in [5.41, 5.74) is 4.06. The van der Waals surface area contributed by atoms with E-state index in [2.05, 4.69) is 11.2 Å². The number of nitrogens with zero attached hydrogens (tertiary/aromatic N) is 3. The topological polar surface area (TPSA) is 81.0 Å². The SMILES string of the molecule is CCOC(=O)c1ccc(Cn2nc(C)c(-c3ccc(C#N)c(Cl)c3)c2C)o1. The van der Waals surface area contributed by atoms with Crippen LogP contribution in [0.25, 0.3) is 11.1 Å². The predicted molar refractivity (Wildman–Crippen MR) is 101 cm³/mol. The summed E-state index contributed by atoms with van der Waals surface area (Å²) < 4.78 is 12.3. The molecule has 0 bridgehead atoms. The van der Waals surface area contributed by atoms with E-state index in [-0.39, 0.29) is 5.76 Å². The van der Waals surface area contributed by atoms with Crippen LogP contribution in [0.4, 0.5) is 0 Å². The molecule has 2 heterocycles. The Morgan fingerprint density at radius 2 is 2.11 bits per heavy atom.